The molecule has 0 radical (unpaired) electrons. The third kappa shape index (κ3) is 9.50. The number of aliphatic carboxylic acids is 1. The number of rotatable bonds is 13. The van der Waals surface area contributed by atoms with Crippen LogP contribution in [0.2, 0.25) is 0 Å². The lowest BCUT2D eigenvalue weighted by molar-refractivity contribution is -0.142. The van der Waals surface area contributed by atoms with Gasteiger partial charge in [-0.2, -0.15) is 23.5 Å². The van der Waals surface area contributed by atoms with E-state index in [1.165, 1.54) is 23.5 Å². The van der Waals surface area contributed by atoms with Crippen LogP contribution in [0.3, 0.4) is 0 Å². The maximum absolute atomic E-state index is 12.5. The first-order chi connectivity index (χ1) is 12.8. The highest BCUT2D eigenvalue weighted by atomic mass is 32.2. The molecule has 3 N–H and O–H groups in total. The van der Waals surface area contributed by atoms with Crippen molar-refractivity contribution in [2.45, 2.75) is 30.7 Å². The maximum atomic E-state index is 12.5. The number of amides is 1. The van der Waals surface area contributed by atoms with E-state index >= 15 is 0 Å². The second-order valence-corrected chi connectivity index (χ2v) is 9.60. The van der Waals surface area contributed by atoms with Gasteiger partial charge in [0.05, 0.1) is 5.75 Å². The van der Waals surface area contributed by atoms with E-state index in [0.29, 0.717) is 17.1 Å². The highest BCUT2D eigenvalue weighted by Crippen LogP contribution is 2.09. The summed E-state index contributed by atoms with van der Waals surface area (Å²) in [5.74, 6) is -0.852. The third-order valence-electron chi connectivity index (χ3n) is 3.67. The summed E-state index contributed by atoms with van der Waals surface area (Å²) in [6.07, 6.45) is 4.25. The fourth-order valence-corrected chi connectivity index (χ4v) is 4.61. The van der Waals surface area contributed by atoms with Crippen LogP contribution in [0, 0.1) is 0 Å². The molecule has 27 heavy (non-hydrogen) atoms. The zero-order valence-electron chi connectivity index (χ0n) is 15.4. The van der Waals surface area contributed by atoms with E-state index in [2.05, 4.69) is 10.0 Å². The molecule has 0 saturated heterocycles. The summed E-state index contributed by atoms with van der Waals surface area (Å²) in [5, 5.41) is 11.7. The van der Waals surface area contributed by atoms with Crippen molar-refractivity contribution < 1.29 is 23.1 Å². The first-order valence-electron chi connectivity index (χ1n) is 8.34. The molecule has 0 heterocycles. The van der Waals surface area contributed by atoms with Gasteiger partial charge in [-0.3, -0.25) is 4.79 Å². The summed E-state index contributed by atoms with van der Waals surface area (Å²) >= 11 is 2.96. The van der Waals surface area contributed by atoms with Gasteiger partial charge in [-0.1, -0.05) is 30.3 Å². The number of hydrogen-bond donors (Lipinski definition) is 3. The van der Waals surface area contributed by atoms with Crippen molar-refractivity contribution in [3.05, 3.63) is 35.9 Å². The van der Waals surface area contributed by atoms with E-state index in [4.69, 9.17) is 0 Å². The predicted octanol–water partition coefficient (Wildman–Crippen LogP) is 1.55. The average Bonchev–Trinajstić information content (AvgIpc) is 2.62. The normalized spacial score (nSPS) is 13.7. The summed E-state index contributed by atoms with van der Waals surface area (Å²) in [6.45, 7) is 0. The second kappa shape index (κ2) is 12.3. The zero-order valence-corrected chi connectivity index (χ0v) is 17.8. The minimum absolute atomic E-state index is 0.244. The maximum Gasteiger partial charge on any atom is 0.326 e. The topological polar surface area (TPSA) is 113 Å². The van der Waals surface area contributed by atoms with Crippen LogP contribution in [-0.4, -0.2) is 61.5 Å². The minimum Gasteiger partial charge on any atom is -0.480 e. The van der Waals surface area contributed by atoms with Gasteiger partial charge in [0, 0.05) is 0 Å². The first-order valence-corrected chi connectivity index (χ1v) is 12.8. The lowest BCUT2D eigenvalue weighted by Gasteiger charge is -2.21. The van der Waals surface area contributed by atoms with Crippen LogP contribution in [0.1, 0.15) is 18.4 Å². The van der Waals surface area contributed by atoms with Crippen LogP contribution in [0.25, 0.3) is 0 Å². The monoisotopic (exact) mass is 434 g/mol. The van der Waals surface area contributed by atoms with Gasteiger partial charge < -0.3 is 10.4 Å². The molecule has 0 aliphatic carbocycles. The molecule has 0 saturated carbocycles. The quantitative estimate of drug-likeness (QED) is 0.432. The molecule has 0 bridgehead atoms. The fraction of sp³-hybridized carbons (Fsp3) is 0.529. The van der Waals surface area contributed by atoms with Crippen LogP contribution in [-0.2, 0) is 25.4 Å². The Bertz CT molecular complexity index is 698. The van der Waals surface area contributed by atoms with Gasteiger partial charge in [0.25, 0.3) is 0 Å². The van der Waals surface area contributed by atoms with E-state index in [-0.39, 0.29) is 18.6 Å². The van der Waals surface area contributed by atoms with Gasteiger partial charge in [-0.05, 0) is 42.4 Å². The minimum atomic E-state index is -3.75. The highest BCUT2D eigenvalue weighted by Gasteiger charge is 2.28. The van der Waals surface area contributed by atoms with Gasteiger partial charge >= 0.3 is 5.97 Å². The van der Waals surface area contributed by atoms with Crippen molar-refractivity contribution >= 4 is 45.4 Å². The molecular formula is C17H26N2O5S3. The Morgan fingerprint density at radius 2 is 1.59 bits per heavy atom. The number of carbonyl (C=O) groups excluding carboxylic acids is 1. The molecule has 1 rings (SSSR count). The zero-order chi connectivity index (χ0) is 20.3. The standard InChI is InChI=1S/C17H26N2O5S3/c1-25-10-8-14(16(20)18-15(17(21)22)9-11-26-2)19-27(23,24)12-13-6-4-3-5-7-13/h3-7,14-15,19H,8-12H2,1-2H3,(H,18,20)(H,21,22)/t14-,15+/m1/s1. The molecule has 0 aliphatic heterocycles. The van der Waals surface area contributed by atoms with Gasteiger partial charge in [0.15, 0.2) is 0 Å². The van der Waals surface area contributed by atoms with Crippen molar-refractivity contribution in [3.63, 3.8) is 0 Å². The third-order valence-corrected chi connectivity index (χ3v) is 6.32. The van der Waals surface area contributed by atoms with Crippen molar-refractivity contribution in [2.24, 2.45) is 0 Å². The SMILES string of the molecule is CSCC[C@H](NC(=O)[C@@H](CCSC)NS(=O)(=O)Cc1ccccc1)C(=O)O. The number of sulfonamides is 1. The Morgan fingerprint density at radius 3 is 2.11 bits per heavy atom. The molecule has 0 unspecified atom stereocenters. The van der Waals surface area contributed by atoms with E-state index in [1.807, 2.05) is 12.5 Å². The van der Waals surface area contributed by atoms with Gasteiger partial charge in [-0.15, -0.1) is 0 Å². The number of benzene rings is 1. The molecule has 2 atom stereocenters. The summed E-state index contributed by atoms with van der Waals surface area (Å²) in [7, 11) is -3.75. The molecule has 1 aromatic carbocycles. The van der Waals surface area contributed by atoms with E-state index in [9.17, 15) is 23.1 Å². The van der Waals surface area contributed by atoms with Crippen LogP contribution in [0.5, 0.6) is 0 Å². The van der Waals surface area contributed by atoms with Crippen molar-refractivity contribution in [3.8, 4) is 0 Å². The summed E-state index contributed by atoms with van der Waals surface area (Å²) < 4.78 is 27.3. The largest absolute Gasteiger partial charge is 0.480 e. The van der Waals surface area contributed by atoms with Crippen molar-refractivity contribution in [1.29, 1.82) is 0 Å². The predicted molar refractivity (Wildman–Crippen MR) is 112 cm³/mol. The lowest BCUT2D eigenvalue weighted by atomic mass is 10.2. The highest BCUT2D eigenvalue weighted by molar-refractivity contribution is 7.98. The number of carboxylic acids is 1. The molecule has 10 heteroatoms. The number of carboxylic acid groups (broad SMARTS) is 1. The first kappa shape index (κ1) is 23.8. The lowest BCUT2D eigenvalue weighted by Crippen LogP contribution is -2.52. The summed E-state index contributed by atoms with van der Waals surface area (Å²) in [5.41, 5.74) is 0.609. The average molecular weight is 435 g/mol. The molecule has 152 valence electrons. The van der Waals surface area contributed by atoms with Gasteiger partial charge in [0.2, 0.25) is 15.9 Å². The molecular weight excluding hydrogens is 408 g/mol. The van der Waals surface area contributed by atoms with E-state index < -0.39 is 34.0 Å². The van der Waals surface area contributed by atoms with Crippen molar-refractivity contribution in [2.75, 3.05) is 24.0 Å². The molecule has 0 spiro atoms. The van der Waals surface area contributed by atoms with E-state index in [0.717, 1.165) is 0 Å². The Kier molecular flexibility index (Phi) is 10.8. The van der Waals surface area contributed by atoms with Crippen LogP contribution >= 0.6 is 23.5 Å². The molecule has 1 amide bonds. The fourth-order valence-electron chi connectivity index (χ4n) is 2.30. The summed E-state index contributed by atoms with van der Waals surface area (Å²) in [4.78, 5) is 23.9. The van der Waals surface area contributed by atoms with Crippen LogP contribution < -0.4 is 10.0 Å². The molecule has 0 aromatic heterocycles. The Morgan fingerprint density at radius 1 is 1.04 bits per heavy atom. The smallest absolute Gasteiger partial charge is 0.326 e. The van der Waals surface area contributed by atoms with E-state index in [1.54, 1.807) is 30.3 Å². The summed E-state index contributed by atoms with van der Waals surface area (Å²) in [6, 6.07) is 6.61. The van der Waals surface area contributed by atoms with Gasteiger partial charge in [-0.25, -0.2) is 17.9 Å². The Labute approximate surface area is 169 Å². The van der Waals surface area contributed by atoms with Crippen LogP contribution in [0.15, 0.2) is 30.3 Å². The van der Waals surface area contributed by atoms with Crippen LogP contribution in [0.4, 0.5) is 0 Å². The number of nitrogens with one attached hydrogen (secondary N) is 2. The second-order valence-electron chi connectivity index (χ2n) is 5.88. The van der Waals surface area contributed by atoms with Crippen molar-refractivity contribution in [1.82, 2.24) is 10.0 Å². The molecule has 0 fully saturated rings. The molecule has 0 aliphatic rings. The molecule has 1 aromatic rings. The Balaban J connectivity index is 2.83. The number of hydrogen-bond acceptors (Lipinski definition) is 6. The van der Waals surface area contributed by atoms with Gasteiger partial charge in [0.1, 0.15) is 12.1 Å². The Hall–Kier alpha value is -1.23. The molecule has 7 nitrogen and oxygen atoms in total. The number of thioether (sulfide) groups is 2. The number of carbonyl (C=O) groups is 2.